The van der Waals surface area contributed by atoms with Gasteiger partial charge in [-0.05, 0) is 30.5 Å². The maximum atomic E-state index is 13.3. The van der Waals surface area contributed by atoms with Crippen molar-refractivity contribution in [2.45, 2.75) is 51.6 Å². The summed E-state index contributed by atoms with van der Waals surface area (Å²) in [6.45, 7) is 4.42. The molecular formula is C22H29F2N5O3. The second kappa shape index (κ2) is 12.7. The van der Waals surface area contributed by atoms with Crippen molar-refractivity contribution in [3.8, 4) is 0 Å². The van der Waals surface area contributed by atoms with Crippen LogP contribution in [0, 0.1) is 11.6 Å². The molecule has 0 aliphatic rings. The number of aromatic nitrogens is 2. The number of anilines is 2. The lowest BCUT2D eigenvalue weighted by Crippen LogP contribution is -2.44. The number of halogens is 2. The van der Waals surface area contributed by atoms with Gasteiger partial charge < -0.3 is 20.7 Å². The van der Waals surface area contributed by atoms with Crippen LogP contribution < -0.4 is 16.0 Å². The maximum absolute atomic E-state index is 13.3. The number of nitrogens with zero attached hydrogens (tertiary/aromatic N) is 2. The van der Waals surface area contributed by atoms with Crippen LogP contribution in [0.5, 0.6) is 0 Å². The van der Waals surface area contributed by atoms with Crippen LogP contribution in [0.15, 0.2) is 30.6 Å². The number of hydrogen-bond acceptors (Lipinski definition) is 6. The van der Waals surface area contributed by atoms with Gasteiger partial charge in [-0.15, -0.1) is 0 Å². The van der Waals surface area contributed by atoms with Gasteiger partial charge in [0.25, 0.3) is 0 Å². The van der Waals surface area contributed by atoms with Gasteiger partial charge in [0.1, 0.15) is 23.5 Å². The third-order valence-corrected chi connectivity index (χ3v) is 4.63. The van der Waals surface area contributed by atoms with Crippen LogP contribution in [0.1, 0.15) is 38.7 Å². The number of rotatable bonds is 12. The molecule has 2 atom stereocenters. The first-order chi connectivity index (χ1) is 15.3. The first-order valence-corrected chi connectivity index (χ1v) is 10.5. The fourth-order valence-electron chi connectivity index (χ4n) is 3.05. The molecule has 8 nitrogen and oxygen atoms in total. The molecule has 0 saturated heterocycles. The lowest BCUT2D eigenvalue weighted by molar-refractivity contribution is -0.126. The topological polar surface area (TPSA) is 105 Å². The summed E-state index contributed by atoms with van der Waals surface area (Å²) in [7, 11) is 1.62. The lowest BCUT2D eigenvalue weighted by Gasteiger charge is -2.18. The summed E-state index contributed by atoms with van der Waals surface area (Å²) in [4.78, 5) is 33.4. The molecule has 174 valence electrons. The molecule has 0 bridgehead atoms. The summed E-state index contributed by atoms with van der Waals surface area (Å²) >= 11 is 0. The maximum Gasteiger partial charge on any atom is 0.248 e. The molecule has 2 amide bonds. The Hall–Kier alpha value is -3.14. The molecular weight excluding hydrogens is 420 g/mol. The predicted octanol–water partition coefficient (Wildman–Crippen LogP) is 3.06. The normalized spacial score (nSPS) is 12.7. The number of benzene rings is 1. The van der Waals surface area contributed by atoms with Crippen molar-refractivity contribution in [1.82, 2.24) is 15.3 Å². The summed E-state index contributed by atoms with van der Waals surface area (Å²) in [5.74, 6) is -1.71. The number of ether oxygens (including phenoxy) is 1. The van der Waals surface area contributed by atoms with Crippen molar-refractivity contribution in [3.05, 3.63) is 47.8 Å². The highest BCUT2D eigenvalue weighted by Gasteiger charge is 2.21. The SMILES string of the molecule is CCCC(NC(=O)Cc1cc(F)cc(F)c1)C(=O)Nc1cnc(NC(CC)COC)cn1. The molecule has 0 radical (unpaired) electrons. The number of carbonyl (C=O) groups excluding carboxylic acids is 2. The van der Waals surface area contributed by atoms with E-state index < -0.39 is 29.5 Å². The van der Waals surface area contributed by atoms with E-state index in [2.05, 4.69) is 25.9 Å². The van der Waals surface area contributed by atoms with Gasteiger partial charge in [-0.25, -0.2) is 18.7 Å². The van der Waals surface area contributed by atoms with Crippen LogP contribution in [0.2, 0.25) is 0 Å². The van der Waals surface area contributed by atoms with Gasteiger partial charge in [-0.2, -0.15) is 0 Å². The van der Waals surface area contributed by atoms with Gasteiger partial charge in [0.05, 0.1) is 31.5 Å². The van der Waals surface area contributed by atoms with E-state index in [-0.39, 0.29) is 23.8 Å². The number of nitrogens with one attached hydrogen (secondary N) is 3. The first-order valence-electron chi connectivity index (χ1n) is 10.5. The highest BCUT2D eigenvalue weighted by molar-refractivity contribution is 5.96. The van der Waals surface area contributed by atoms with Crippen LogP contribution in [0.25, 0.3) is 0 Å². The molecule has 1 aromatic heterocycles. The Labute approximate surface area is 186 Å². The molecule has 3 N–H and O–H groups in total. The molecule has 1 aromatic carbocycles. The Kier molecular flexibility index (Phi) is 9.93. The van der Waals surface area contributed by atoms with E-state index in [9.17, 15) is 18.4 Å². The molecule has 32 heavy (non-hydrogen) atoms. The van der Waals surface area contributed by atoms with Gasteiger partial charge >= 0.3 is 0 Å². The number of hydrogen-bond donors (Lipinski definition) is 3. The van der Waals surface area contributed by atoms with Gasteiger partial charge in [0.15, 0.2) is 5.82 Å². The zero-order valence-electron chi connectivity index (χ0n) is 18.5. The minimum Gasteiger partial charge on any atom is -0.383 e. The fourth-order valence-corrected chi connectivity index (χ4v) is 3.05. The molecule has 2 rings (SSSR count). The summed E-state index contributed by atoms with van der Waals surface area (Å²) < 4.78 is 31.8. The Morgan fingerprint density at radius 1 is 1.06 bits per heavy atom. The Bertz CT molecular complexity index is 875. The summed E-state index contributed by atoms with van der Waals surface area (Å²) in [5, 5.41) is 8.44. The van der Waals surface area contributed by atoms with Crippen molar-refractivity contribution >= 4 is 23.5 Å². The van der Waals surface area contributed by atoms with Gasteiger partial charge in [0, 0.05) is 13.2 Å². The van der Waals surface area contributed by atoms with Crippen LogP contribution in [-0.4, -0.2) is 47.6 Å². The van der Waals surface area contributed by atoms with Crippen molar-refractivity contribution in [2.24, 2.45) is 0 Å². The molecule has 2 aromatic rings. The zero-order chi connectivity index (χ0) is 23.5. The van der Waals surface area contributed by atoms with E-state index in [1.54, 1.807) is 7.11 Å². The van der Waals surface area contributed by atoms with Gasteiger partial charge in [0.2, 0.25) is 11.8 Å². The van der Waals surface area contributed by atoms with Crippen LogP contribution in [0.3, 0.4) is 0 Å². The average molecular weight is 450 g/mol. The second-order valence-corrected chi connectivity index (χ2v) is 7.34. The third-order valence-electron chi connectivity index (χ3n) is 4.63. The summed E-state index contributed by atoms with van der Waals surface area (Å²) in [6.07, 6.45) is 4.54. The molecule has 0 saturated carbocycles. The van der Waals surface area contributed by atoms with Crippen LogP contribution in [-0.2, 0) is 20.7 Å². The van der Waals surface area contributed by atoms with Crippen molar-refractivity contribution in [1.29, 1.82) is 0 Å². The number of amides is 2. The molecule has 0 aliphatic carbocycles. The molecule has 0 spiro atoms. The Morgan fingerprint density at radius 3 is 2.28 bits per heavy atom. The Morgan fingerprint density at radius 2 is 1.72 bits per heavy atom. The van der Waals surface area contributed by atoms with E-state index in [4.69, 9.17) is 4.74 Å². The van der Waals surface area contributed by atoms with E-state index in [0.29, 0.717) is 25.3 Å². The van der Waals surface area contributed by atoms with E-state index in [1.165, 1.54) is 12.4 Å². The van der Waals surface area contributed by atoms with Crippen LogP contribution in [0.4, 0.5) is 20.4 Å². The summed E-state index contributed by atoms with van der Waals surface area (Å²) in [6, 6.07) is 2.16. The van der Waals surface area contributed by atoms with E-state index >= 15 is 0 Å². The molecule has 10 heteroatoms. The minimum atomic E-state index is -0.823. The third kappa shape index (κ3) is 8.18. The number of carbonyl (C=O) groups is 2. The summed E-state index contributed by atoms with van der Waals surface area (Å²) in [5.41, 5.74) is 0.184. The van der Waals surface area contributed by atoms with E-state index in [0.717, 1.165) is 24.6 Å². The molecule has 2 unspecified atom stereocenters. The van der Waals surface area contributed by atoms with Crippen molar-refractivity contribution in [2.75, 3.05) is 24.4 Å². The molecule has 0 fully saturated rings. The minimum absolute atomic E-state index is 0.0884. The quantitative estimate of drug-likeness (QED) is 0.460. The fraction of sp³-hybridized carbons (Fsp3) is 0.455. The largest absolute Gasteiger partial charge is 0.383 e. The smallest absolute Gasteiger partial charge is 0.248 e. The van der Waals surface area contributed by atoms with Crippen LogP contribution >= 0.6 is 0 Å². The zero-order valence-corrected chi connectivity index (χ0v) is 18.5. The monoisotopic (exact) mass is 449 g/mol. The first kappa shape index (κ1) is 25.1. The average Bonchev–Trinajstić information content (AvgIpc) is 2.73. The van der Waals surface area contributed by atoms with Gasteiger partial charge in [-0.3, -0.25) is 9.59 Å². The lowest BCUT2D eigenvalue weighted by atomic mass is 10.1. The highest BCUT2D eigenvalue weighted by Crippen LogP contribution is 2.11. The van der Waals surface area contributed by atoms with Gasteiger partial charge in [-0.1, -0.05) is 20.3 Å². The van der Waals surface area contributed by atoms with E-state index in [1.807, 2.05) is 13.8 Å². The predicted molar refractivity (Wildman–Crippen MR) is 117 cm³/mol. The van der Waals surface area contributed by atoms with Crippen molar-refractivity contribution in [3.63, 3.8) is 0 Å². The van der Waals surface area contributed by atoms with Crippen molar-refractivity contribution < 1.29 is 23.1 Å². The standard InChI is InChI=1S/C22H29F2N5O3/c1-4-6-18(28-21(30)9-14-7-15(23)10-16(24)8-14)22(31)29-20-12-25-19(11-26-20)27-17(5-2)13-32-3/h7-8,10-12,17-18H,4-6,9,13H2,1-3H3,(H,25,27)(H,28,30)(H,26,29,31). The molecule has 0 aliphatic heterocycles. The second-order valence-electron chi connectivity index (χ2n) is 7.34. The number of methoxy groups -OCH3 is 1. The highest BCUT2D eigenvalue weighted by atomic mass is 19.1. The molecule has 1 heterocycles. The Balaban J connectivity index is 1.96.